The summed E-state index contributed by atoms with van der Waals surface area (Å²) in [5.74, 6) is -2.13. The van der Waals surface area contributed by atoms with Crippen molar-refractivity contribution in [3.05, 3.63) is 87.2 Å². The number of hydrogen-bond acceptors (Lipinski definition) is 4. The van der Waals surface area contributed by atoms with Crippen molar-refractivity contribution in [1.82, 2.24) is 4.98 Å². The maximum Gasteiger partial charge on any atom is 0.257 e. The molecule has 4 aromatic rings. The number of hydrogen-bond donors (Lipinski definition) is 2. The molecule has 2 atom stereocenters. The first-order valence-corrected chi connectivity index (χ1v) is 12.1. The van der Waals surface area contributed by atoms with Crippen LogP contribution in [-0.4, -0.2) is 21.1 Å². The van der Waals surface area contributed by atoms with E-state index in [1.165, 1.54) is 18.5 Å². The van der Waals surface area contributed by atoms with Gasteiger partial charge in [0.1, 0.15) is 9.85 Å². The number of nitrogens with one attached hydrogen (secondary N) is 2. The van der Waals surface area contributed by atoms with Gasteiger partial charge >= 0.3 is 0 Å². The van der Waals surface area contributed by atoms with Crippen LogP contribution in [0.4, 0.5) is 11.4 Å². The van der Waals surface area contributed by atoms with E-state index < -0.39 is 28.0 Å². The lowest BCUT2D eigenvalue weighted by molar-refractivity contribution is -0.117. The van der Waals surface area contributed by atoms with Gasteiger partial charge in [-0.2, -0.15) is 0 Å². The Hall–Kier alpha value is -2.48. The fourth-order valence-electron chi connectivity index (χ4n) is 3.95. The van der Waals surface area contributed by atoms with Gasteiger partial charge < -0.3 is 15.1 Å². The molecular formula is C24H14Cl5N3O3. The molecule has 1 saturated carbocycles. The van der Waals surface area contributed by atoms with E-state index in [1.807, 2.05) is 0 Å². The predicted octanol–water partition coefficient (Wildman–Crippen LogP) is 7.57. The van der Waals surface area contributed by atoms with Crippen LogP contribution in [0, 0.1) is 5.92 Å². The average molecular weight is 570 g/mol. The number of anilines is 2. The molecule has 1 aliphatic carbocycles. The normalized spacial score (nSPS) is 18.3. The molecule has 1 aliphatic rings. The highest BCUT2D eigenvalue weighted by atomic mass is 35.5. The van der Waals surface area contributed by atoms with Crippen LogP contribution in [0.3, 0.4) is 0 Å². The van der Waals surface area contributed by atoms with Gasteiger partial charge in [-0.05, 0) is 54.1 Å². The van der Waals surface area contributed by atoms with E-state index in [0.717, 1.165) is 0 Å². The van der Waals surface area contributed by atoms with E-state index in [1.54, 1.807) is 42.5 Å². The third kappa shape index (κ3) is 4.82. The maximum absolute atomic E-state index is 13.0. The second-order valence-corrected chi connectivity index (χ2v) is 10.7. The number of rotatable bonds is 5. The highest BCUT2D eigenvalue weighted by Crippen LogP contribution is 2.65. The molecule has 2 amide bonds. The summed E-state index contributed by atoms with van der Waals surface area (Å²) < 4.78 is 3.93. The van der Waals surface area contributed by atoms with Gasteiger partial charge in [0.15, 0.2) is 12.0 Å². The van der Waals surface area contributed by atoms with Gasteiger partial charge in [0.25, 0.3) is 5.91 Å². The molecule has 0 bridgehead atoms. The largest absolute Gasteiger partial charge is 0.443 e. The summed E-state index contributed by atoms with van der Waals surface area (Å²) in [4.78, 5) is 29.9. The first-order chi connectivity index (χ1) is 16.6. The zero-order valence-electron chi connectivity index (χ0n) is 17.5. The number of fused-ring (bicyclic) bond motifs is 1. The van der Waals surface area contributed by atoms with Crippen LogP contribution in [0.1, 0.15) is 21.8 Å². The van der Waals surface area contributed by atoms with Crippen LogP contribution in [0.2, 0.25) is 15.1 Å². The molecule has 0 spiro atoms. The average Bonchev–Trinajstić information content (AvgIpc) is 3.11. The molecular weight excluding hydrogens is 556 g/mol. The highest BCUT2D eigenvalue weighted by Gasteiger charge is 2.67. The van der Waals surface area contributed by atoms with E-state index >= 15 is 0 Å². The fourth-order valence-corrected chi connectivity index (χ4v) is 5.53. The van der Waals surface area contributed by atoms with Gasteiger partial charge in [0.2, 0.25) is 5.91 Å². The SMILES string of the molecule is O=C(Nc1ccc2ncoc2c1)c1cc(NC(=O)[C@@H]2[C@@H](c3cc(Cl)cc(Cl)c3)C2(Cl)Cl)ccc1Cl. The molecule has 6 nitrogen and oxygen atoms in total. The number of nitrogens with zero attached hydrogens (tertiary/aromatic N) is 1. The second-order valence-electron chi connectivity index (χ2n) is 8.01. The summed E-state index contributed by atoms with van der Waals surface area (Å²) in [6, 6.07) is 14.6. The smallest absolute Gasteiger partial charge is 0.257 e. The van der Waals surface area contributed by atoms with Crippen molar-refractivity contribution in [2.75, 3.05) is 10.6 Å². The van der Waals surface area contributed by atoms with Crippen molar-refractivity contribution in [3.63, 3.8) is 0 Å². The Morgan fingerprint density at radius 2 is 1.57 bits per heavy atom. The van der Waals surface area contributed by atoms with Gasteiger partial charge in [-0.25, -0.2) is 4.98 Å². The van der Waals surface area contributed by atoms with Gasteiger partial charge in [-0.15, -0.1) is 23.2 Å². The van der Waals surface area contributed by atoms with E-state index in [9.17, 15) is 9.59 Å². The van der Waals surface area contributed by atoms with Gasteiger partial charge in [-0.3, -0.25) is 9.59 Å². The lowest BCUT2D eigenvalue weighted by atomic mass is 10.1. The number of alkyl halides is 2. The van der Waals surface area contributed by atoms with Crippen molar-refractivity contribution >= 4 is 92.3 Å². The molecule has 0 aliphatic heterocycles. The molecule has 1 heterocycles. The first kappa shape index (κ1) is 24.2. The first-order valence-electron chi connectivity index (χ1n) is 10.2. The lowest BCUT2D eigenvalue weighted by Gasteiger charge is -2.10. The number of carbonyl (C=O) groups excluding carboxylic acids is 2. The molecule has 0 unspecified atom stereocenters. The van der Waals surface area contributed by atoms with Crippen LogP contribution in [0.25, 0.3) is 11.1 Å². The lowest BCUT2D eigenvalue weighted by Crippen LogP contribution is -2.18. The molecule has 1 aromatic heterocycles. The Balaban J connectivity index is 1.33. The Morgan fingerprint density at radius 3 is 2.31 bits per heavy atom. The molecule has 0 radical (unpaired) electrons. The summed E-state index contributed by atoms with van der Waals surface area (Å²) in [5, 5.41) is 6.56. The Morgan fingerprint density at radius 1 is 0.886 bits per heavy atom. The number of benzene rings is 3. The maximum atomic E-state index is 13.0. The minimum absolute atomic E-state index is 0.166. The van der Waals surface area contributed by atoms with Gasteiger partial charge in [0.05, 0.1) is 16.5 Å². The van der Waals surface area contributed by atoms with Crippen LogP contribution in [0.15, 0.2) is 65.4 Å². The van der Waals surface area contributed by atoms with Crippen molar-refractivity contribution in [2.45, 2.75) is 10.3 Å². The molecule has 3 aromatic carbocycles. The molecule has 35 heavy (non-hydrogen) atoms. The topological polar surface area (TPSA) is 84.2 Å². The zero-order valence-corrected chi connectivity index (χ0v) is 21.3. The number of amides is 2. The number of oxazole rings is 1. The predicted molar refractivity (Wildman–Crippen MR) is 139 cm³/mol. The molecule has 0 saturated heterocycles. The van der Waals surface area contributed by atoms with Crippen LogP contribution < -0.4 is 10.6 Å². The van der Waals surface area contributed by atoms with Crippen LogP contribution >= 0.6 is 58.0 Å². The molecule has 2 N–H and O–H groups in total. The number of aromatic nitrogens is 1. The fraction of sp³-hybridized carbons (Fsp3) is 0.125. The Bertz CT molecular complexity index is 1470. The quantitative estimate of drug-likeness (QED) is 0.243. The number of carbonyl (C=O) groups is 2. The van der Waals surface area contributed by atoms with E-state index in [2.05, 4.69) is 15.6 Å². The second kappa shape index (κ2) is 9.19. The van der Waals surface area contributed by atoms with E-state index in [4.69, 9.17) is 62.4 Å². The minimum atomic E-state index is -1.33. The summed E-state index contributed by atoms with van der Waals surface area (Å²) in [5.41, 5.74) is 2.87. The van der Waals surface area contributed by atoms with E-state index in [-0.39, 0.29) is 10.6 Å². The molecule has 178 valence electrons. The van der Waals surface area contributed by atoms with Gasteiger partial charge in [0, 0.05) is 33.4 Å². The van der Waals surface area contributed by atoms with Crippen LogP contribution in [-0.2, 0) is 4.79 Å². The van der Waals surface area contributed by atoms with Crippen molar-refractivity contribution in [2.24, 2.45) is 5.92 Å². The van der Waals surface area contributed by atoms with Crippen molar-refractivity contribution in [1.29, 1.82) is 0 Å². The number of halogens is 5. The monoisotopic (exact) mass is 567 g/mol. The van der Waals surface area contributed by atoms with Crippen molar-refractivity contribution < 1.29 is 14.0 Å². The van der Waals surface area contributed by atoms with E-state index in [0.29, 0.717) is 38.1 Å². The Labute approximate surface area is 224 Å². The summed E-state index contributed by atoms with van der Waals surface area (Å²) >= 11 is 31.3. The highest BCUT2D eigenvalue weighted by molar-refractivity contribution is 6.53. The standard InChI is InChI=1S/C24H14Cl5N3O3/c25-12-5-11(6-13(26)7-12)20-21(24(20,28)29)23(34)32-14-1-3-17(27)16(8-14)22(33)31-15-2-4-18-19(9-15)35-10-30-18/h1-10,20-21H,(H,31,33)(H,32,34)/t20-,21+/m1/s1. The Kier molecular flexibility index (Phi) is 6.36. The third-order valence-corrected chi connectivity index (χ3v) is 7.35. The minimum Gasteiger partial charge on any atom is -0.443 e. The molecule has 11 heteroatoms. The summed E-state index contributed by atoms with van der Waals surface area (Å²) in [6.07, 6.45) is 1.32. The zero-order chi connectivity index (χ0) is 24.9. The molecule has 5 rings (SSSR count). The third-order valence-electron chi connectivity index (χ3n) is 5.65. The van der Waals surface area contributed by atoms with Crippen LogP contribution in [0.5, 0.6) is 0 Å². The summed E-state index contributed by atoms with van der Waals surface area (Å²) in [6.45, 7) is 0. The molecule has 1 fully saturated rings. The van der Waals surface area contributed by atoms with Gasteiger partial charge in [-0.1, -0.05) is 34.8 Å². The van der Waals surface area contributed by atoms with Crippen molar-refractivity contribution in [3.8, 4) is 0 Å². The summed E-state index contributed by atoms with van der Waals surface area (Å²) in [7, 11) is 0.